The topological polar surface area (TPSA) is 57.9 Å². The van der Waals surface area contributed by atoms with Gasteiger partial charge in [0.05, 0.1) is 37.0 Å². The monoisotopic (exact) mass is 500 g/mol. The van der Waals surface area contributed by atoms with E-state index < -0.39 is 11.6 Å². The normalized spacial score (nSPS) is 14.8. The molecule has 3 aromatic carbocycles. The van der Waals surface area contributed by atoms with E-state index in [0.717, 1.165) is 21.8 Å². The van der Waals surface area contributed by atoms with E-state index in [1.54, 1.807) is 0 Å². The number of H-pyrrole nitrogens is 2. The molecule has 1 aliphatic heterocycles. The van der Waals surface area contributed by atoms with E-state index in [-0.39, 0.29) is 25.7 Å². The van der Waals surface area contributed by atoms with E-state index in [0.29, 0.717) is 17.0 Å². The Hall–Kier alpha value is -2.63. The molecule has 0 amide bonds. The summed E-state index contributed by atoms with van der Waals surface area (Å²) < 4.78 is 6.13. The van der Waals surface area contributed by atoms with Gasteiger partial charge in [0.25, 0.3) is 0 Å². The third kappa shape index (κ3) is 2.55. The van der Waals surface area contributed by atoms with Gasteiger partial charge in [-0.15, -0.1) is 0 Å². The largest absolute Gasteiger partial charge is 0.437 e. The highest BCUT2D eigenvalue weighted by atomic mass is 35.5. The maximum atomic E-state index is 13.2. The number of cyclic esters (lactones) is 1. The zero-order valence-corrected chi connectivity index (χ0v) is 19.1. The molecule has 0 bridgehead atoms. The van der Waals surface area contributed by atoms with Gasteiger partial charge in [-0.3, -0.25) is 0 Å². The van der Waals surface area contributed by atoms with Crippen LogP contribution in [0.25, 0.3) is 21.8 Å². The molecule has 3 heterocycles. The molecule has 8 heteroatoms. The van der Waals surface area contributed by atoms with E-state index in [4.69, 9.17) is 51.1 Å². The Labute approximate surface area is 202 Å². The number of carbonyl (C=O) groups is 1. The highest BCUT2D eigenvalue weighted by molar-refractivity contribution is 6.53. The Kier molecular flexibility index (Phi) is 4.33. The number of ether oxygens (including phenoxy) is 1. The van der Waals surface area contributed by atoms with E-state index in [9.17, 15) is 4.79 Å². The number of nitrogens with one attached hydrogen (secondary N) is 2. The number of hydrogen-bond donors (Lipinski definition) is 2. The lowest BCUT2D eigenvalue weighted by molar-refractivity contribution is 0.0230. The minimum Gasteiger partial charge on any atom is -0.437 e. The van der Waals surface area contributed by atoms with Gasteiger partial charge in [-0.2, -0.15) is 0 Å². The number of esters is 1. The van der Waals surface area contributed by atoms with Gasteiger partial charge in [0.2, 0.25) is 5.60 Å². The van der Waals surface area contributed by atoms with Gasteiger partial charge >= 0.3 is 5.97 Å². The molecule has 0 spiro atoms. The molecule has 0 radical (unpaired) electrons. The quantitative estimate of drug-likeness (QED) is 0.148. The highest BCUT2D eigenvalue weighted by Gasteiger charge is 2.54. The first kappa shape index (κ1) is 20.0. The second-order valence-corrected chi connectivity index (χ2v) is 9.13. The second kappa shape index (κ2) is 6.93. The van der Waals surface area contributed by atoms with Crippen LogP contribution in [0.15, 0.2) is 60.7 Å². The van der Waals surface area contributed by atoms with Gasteiger partial charge < -0.3 is 14.7 Å². The number of rotatable bonds is 2. The molecule has 2 N–H and O–H groups in total. The molecule has 0 saturated carbocycles. The van der Waals surface area contributed by atoms with Crippen LogP contribution in [0, 0.1) is 0 Å². The van der Waals surface area contributed by atoms with Crippen molar-refractivity contribution in [3.63, 3.8) is 0 Å². The molecule has 0 fully saturated rings. The highest BCUT2D eigenvalue weighted by Crippen LogP contribution is 2.55. The van der Waals surface area contributed by atoms with Gasteiger partial charge in [-0.1, -0.05) is 82.8 Å². The lowest BCUT2D eigenvalue weighted by atomic mass is 9.86. The lowest BCUT2D eigenvalue weighted by Gasteiger charge is -2.28. The number of fused-ring (bicyclic) bond motifs is 3. The molecule has 0 unspecified atom stereocenters. The molecule has 2 aromatic heterocycles. The first-order valence-corrected chi connectivity index (χ1v) is 11.2. The van der Waals surface area contributed by atoms with Crippen LogP contribution in [0.5, 0.6) is 0 Å². The Morgan fingerprint density at radius 2 is 1.19 bits per heavy atom. The van der Waals surface area contributed by atoms with Crippen LogP contribution in [-0.2, 0) is 10.3 Å². The molecular weight excluding hydrogens is 490 g/mol. The Morgan fingerprint density at radius 1 is 0.688 bits per heavy atom. The molecule has 0 saturated heterocycles. The number of benzene rings is 3. The maximum absolute atomic E-state index is 13.2. The molecule has 5 aromatic rings. The summed E-state index contributed by atoms with van der Waals surface area (Å²) in [4.78, 5) is 20.0. The van der Waals surface area contributed by atoms with Crippen molar-refractivity contribution in [3.8, 4) is 0 Å². The van der Waals surface area contributed by atoms with Crippen LogP contribution in [0.1, 0.15) is 27.3 Å². The van der Waals surface area contributed by atoms with Crippen LogP contribution < -0.4 is 0 Å². The second-order valence-electron chi connectivity index (χ2n) is 7.62. The van der Waals surface area contributed by atoms with E-state index in [2.05, 4.69) is 9.97 Å². The first-order chi connectivity index (χ1) is 15.4. The minimum atomic E-state index is -1.43. The van der Waals surface area contributed by atoms with Crippen LogP contribution in [0.3, 0.4) is 0 Å². The lowest BCUT2D eigenvalue weighted by Crippen LogP contribution is -2.30. The Morgan fingerprint density at radius 3 is 1.72 bits per heavy atom. The smallest absolute Gasteiger partial charge is 0.341 e. The number of carbonyl (C=O) groups excluding carboxylic acids is 1. The van der Waals surface area contributed by atoms with Crippen molar-refractivity contribution >= 4 is 74.2 Å². The number of aromatic nitrogens is 2. The standard InChI is InChI=1S/C24H12Cl4N2O2/c25-19-17-18(20(26)22(28)21(19)27)24(32-23(17)31,15-9-11-5-1-3-7-13(11)29-15)16-10-12-6-2-4-8-14(12)30-16/h1-10,29-30H. The SMILES string of the molecule is O=C1OC(c2cc3ccccc3[nH]2)(c2cc3ccccc3[nH]2)c2c(Cl)c(Cl)c(Cl)c(Cl)c21. The fraction of sp³-hybridized carbons (Fsp3) is 0.0417. The van der Waals surface area contributed by atoms with Crippen molar-refractivity contribution in [1.29, 1.82) is 0 Å². The average molecular weight is 502 g/mol. The van der Waals surface area contributed by atoms with Crippen LogP contribution >= 0.6 is 46.4 Å². The number of halogens is 4. The molecule has 32 heavy (non-hydrogen) atoms. The van der Waals surface area contributed by atoms with Crippen LogP contribution in [-0.4, -0.2) is 15.9 Å². The third-order valence-electron chi connectivity index (χ3n) is 5.89. The fourth-order valence-electron chi connectivity index (χ4n) is 4.45. The summed E-state index contributed by atoms with van der Waals surface area (Å²) in [5.74, 6) is -0.636. The third-order valence-corrected chi connectivity index (χ3v) is 7.69. The first-order valence-electron chi connectivity index (χ1n) is 9.68. The van der Waals surface area contributed by atoms with Crippen LogP contribution in [0.4, 0.5) is 0 Å². The predicted molar refractivity (Wildman–Crippen MR) is 128 cm³/mol. The van der Waals surface area contributed by atoms with Crippen LogP contribution in [0.2, 0.25) is 20.1 Å². The Bertz CT molecular complexity index is 1440. The van der Waals surface area contributed by atoms with E-state index in [1.165, 1.54) is 0 Å². The molecule has 6 rings (SSSR count). The van der Waals surface area contributed by atoms with Gasteiger partial charge in [0.1, 0.15) is 0 Å². The number of aromatic amines is 2. The fourth-order valence-corrected chi connectivity index (χ4v) is 5.51. The van der Waals surface area contributed by atoms with E-state index >= 15 is 0 Å². The van der Waals surface area contributed by atoms with Crippen molar-refractivity contribution < 1.29 is 9.53 Å². The van der Waals surface area contributed by atoms with Crippen molar-refractivity contribution in [3.05, 3.63) is 103 Å². The summed E-state index contributed by atoms with van der Waals surface area (Å²) in [5.41, 5.74) is 1.99. The molecule has 0 aliphatic carbocycles. The summed E-state index contributed by atoms with van der Waals surface area (Å²) in [6.45, 7) is 0. The predicted octanol–water partition coefficient (Wildman–Crippen LogP) is 7.73. The summed E-state index contributed by atoms with van der Waals surface area (Å²) in [5, 5.41) is 2.09. The molecular formula is C24H12Cl4N2O2. The number of para-hydroxylation sites is 2. The minimum absolute atomic E-state index is 0.00941. The van der Waals surface area contributed by atoms with Gasteiger partial charge in [-0.05, 0) is 35.0 Å². The summed E-state index contributed by atoms with van der Waals surface area (Å²) in [6.07, 6.45) is 0. The zero-order chi connectivity index (χ0) is 22.2. The molecule has 4 nitrogen and oxygen atoms in total. The summed E-state index contributed by atoms with van der Waals surface area (Å²) in [6, 6.07) is 19.4. The summed E-state index contributed by atoms with van der Waals surface area (Å²) in [7, 11) is 0. The Balaban J connectivity index is 1.78. The van der Waals surface area contributed by atoms with Crippen molar-refractivity contribution in [2.75, 3.05) is 0 Å². The van der Waals surface area contributed by atoms with Crippen molar-refractivity contribution in [2.45, 2.75) is 5.60 Å². The zero-order valence-electron chi connectivity index (χ0n) is 16.1. The van der Waals surface area contributed by atoms with Gasteiger partial charge in [-0.25, -0.2) is 4.79 Å². The average Bonchev–Trinajstić information content (AvgIpc) is 3.49. The maximum Gasteiger partial charge on any atom is 0.341 e. The van der Waals surface area contributed by atoms with Crippen molar-refractivity contribution in [2.24, 2.45) is 0 Å². The molecule has 1 aliphatic rings. The number of hydrogen-bond acceptors (Lipinski definition) is 2. The summed E-state index contributed by atoms with van der Waals surface area (Å²) >= 11 is 25.9. The van der Waals surface area contributed by atoms with Gasteiger partial charge in [0, 0.05) is 16.6 Å². The van der Waals surface area contributed by atoms with Crippen molar-refractivity contribution in [1.82, 2.24) is 9.97 Å². The molecule has 0 atom stereocenters. The molecule has 158 valence electrons. The van der Waals surface area contributed by atoms with Gasteiger partial charge in [0.15, 0.2) is 0 Å². The van der Waals surface area contributed by atoms with E-state index in [1.807, 2.05) is 60.7 Å².